The number of fused-ring (bicyclic) bond motifs is 2. The third-order valence-corrected chi connectivity index (χ3v) is 7.76. The molecule has 1 amide bonds. The SMILES string of the molecule is CC(=O)c1nn(CC(=O)N2CC(C)CC2C=O)c2cnc(-c3cnc4cc(C)nn4c3)cc12.CNc1nc(Br)ccc1C. The van der Waals surface area contributed by atoms with Crippen LogP contribution in [0.25, 0.3) is 27.8 Å². The van der Waals surface area contributed by atoms with Crippen LogP contribution in [0.1, 0.15) is 42.0 Å². The van der Waals surface area contributed by atoms with Gasteiger partial charge in [0.05, 0.1) is 29.1 Å². The summed E-state index contributed by atoms with van der Waals surface area (Å²) in [6, 6.07) is 7.19. The van der Waals surface area contributed by atoms with Crippen molar-refractivity contribution in [1.82, 2.24) is 39.2 Å². The molecule has 0 radical (unpaired) electrons. The number of carbonyl (C=O) groups is 3. The maximum Gasteiger partial charge on any atom is 0.244 e. The van der Waals surface area contributed by atoms with E-state index in [0.717, 1.165) is 39.2 Å². The number of pyridine rings is 2. The second-order valence-electron chi connectivity index (χ2n) is 10.7. The van der Waals surface area contributed by atoms with E-state index in [1.54, 1.807) is 27.9 Å². The number of hydrogen-bond acceptors (Lipinski definition) is 9. The van der Waals surface area contributed by atoms with Gasteiger partial charge in [-0.05, 0) is 59.8 Å². The topological polar surface area (TPSA) is 140 Å². The van der Waals surface area contributed by atoms with Gasteiger partial charge in [0.25, 0.3) is 0 Å². The molecule has 1 fully saturated rings. The Bertz CT molecular complexity index is 1850. The Morgan fingerprint density at radius 3 is 2.63 bits per heavy atom. The summed E-state index contributed by atoms with van der Waals surface area (Å²) < 4.78 is 4.04. The monoisotopic (exact) mass is 645 g/mol. The predicted octanol–water partition coefficient (Wildman–Crippen LogP) is 4.28. The molecular weight excluding hydrogens is 614 g/mol. The second-order valence-corrected chi connectivity index (χ2v) is 11.5. The Morgan fingerprint density at radius 2 is 1.93 bits per heavy atom. The molecule has 5 aromatic heterocycles. The average molecular weight is 647 g/mol. The molecule has 1 saturated heterocycles. The first-order valence-electron chi connectivity index (χ1n) is 13.8. The minimum atomic E-state index is -0.417. The van der Waals surface area contributed by atoms with Crippen molar-refractivity contribution in [2.45, 2.75) is 46.7 Å². The Balaban J connectivity index is 0.000000314. The van der Waals surface area contributed by atoms with E-state index in [1.165, 1.54) is 11.6 Å². The largest absolute Gasteiger partial charge is 0.373 e. The first-order valence-corrected chi connectivity index (χ1v) is 14.6. The van der Waals surface area contributed by atoms with Crippen LogP contribution in [0.4, 0.5) is 5.82 Å². The van der Waals surface area contributed by atoms with E-state index >= 15 is 0 Å². The molecule has 0 bridgehead atoms. The van der Waals surface area contributed by atoms with E-state index in [-0.39, 0.29) is 29.8 Å². The van der Waals surface area contributed by atoms with Crippen LogP contribution in [0.5, 0.6) is 0 Å². The Kier molecular flexibility index (Phi) is 8.62. The first-order chi connectivity index (χ1) is 20.6. The molecule has 13 heteroatoms. The first kappa shape index (κ1) is 30.0. The molecular formula is C30H32BrN9O3. The number of rotatable bonds is 6. The number of aldehydes is 1. The number of amides is 1. The highest BCUT2D eigenvalue weighted by molar-refractivity contribution is 9.10. The lowest BCUT2D eigenvalue weighted by Gasteiger charge is -2.20. The van der Waals surface area contributed by atoms with Gasteiger partial charge in [-0.2, -0.15) is 10.2 Å². The summed E-state index contributed by atoms with van der Waals surface area (Å²) >= 11 is 3.29. The van der Waals surface area contributed by atoms with Crippen LogP contribution in [-0.2, 0) is 16.1 Å². The quantitative estimate of drug-likeness (QED) is 0.163. The molecule has 0 aromatic carbocycles. The zero-order valence-electron chi connectivity index (χ0n) is 24.6. The van der Waals surface area contributed by atoms with Crippen molar-refractivity contribution in [2.75, 3.05) is 18.9 Å². The molecule has 6 rings (SSSR count). The van der Waals surface area contributed by atoms with Gasteiger partial charge in [-0.3, -0.25) is 19.3 Å². The predicted molar refractivity (Wildman–Crippen MR) is 166 cm³/mol. The van der Waals surface area contributed by atoms with Crippen molar-refractivity contribution in [2.24, 2.45) is 5.92 Å². The number of halogens is 1. The molecule has 222 valence electrons. The number of anilines is 1. The van der Waals surface area contributed by atoms with Crippen LogP contribution >= 0.6 is 15.9 Å². The van der Waals surface area contributed by atoms with E-state index in [9.17, 15) is 14.4 Å². The lowest BCUT2D eigenvalue weighted by atomic mass is 10.1. The normalized spacial score (nSPS) is 16.3. The molecule has 1 aliphatic heterocycles. The lowest BCUT2D eigenvalue weighted by molar-refractivity contribution is -0.135. The number of aromatic nitrogens is 7. The molecule has 0 saturated carbocycles. The molecule has 1 N–H and O–H groups in total. The van der Waals surface area contributed by atoms with Crippen LogP contribution in [0.3, 0.4) is 0 Å². The van der Waals surface area contributed by atoms with Crippen molar-refractivity contribution in [1.29, 1.82) is 0 Å². The van der Waals surface area contributed by atoms with Crippen LogP contribution in [0.15, 0.2) is 47.5 Å². The number of ketones is 1. The van der Waals surface area contributed by atoms with Gasteiger partial charge in [0, 0.05) is 49.9 Å². The fourth-order valence-corrected chi connectivity index (χ4v) is 5.53. The van der Waals surface area contributed by atoms with Crippen molar-refractivity contribution >= 4 is 56.3 Å². The van der Waals surface area contributed by atoms with Crippen molar-refractivity contribution < 1.29 is 14.4 Å². The molecule has 6 heterocycles. The summed E-state index contributed by atoms with van der Waals surface area (Å²) in [5.74, 6) is 0.776. The highest BCUT2D eigenvalue weighted by Gasteiger charge is 2.33. The summed E-state index contributed by atoms with van der Waals surface area (Å²) in [7, 11) is 1.86. The summed E-state index contributed by atoms with van der Waals surface area (Å²) in [4.78, 5) is 51.4. The zero-order valence-corrected chi connectivity index (χ0v) is 26.2. The number of likely N-dealkylation sites (tertiary alicyclic amines) is 1. The zero-order chi connectivity index (χ0) is 30.8. The average Bonchev–Trinajstić information content (AvgIpc) is 3.67. The van der Waals surface area contributed by atoms with Crippen molar-refractivity contribution in [3.8, 4) is 11.3 Å². The van der Waals surface area contributed by atoms with E-state index in [4.69, 9.17) is 0 Å². The number of carbonyl (C=O) groups excluding carboxylic acids is 3. The smallest absolute Gasteiger partial charge is 0.244 e. The van der Waals surface area contributed by atoms with E-state index < -0.39 is 6.04 Å². The summed E-state index contributed by atoms with van der Waals surface area (Å²) in [5, 5.41) is 12.4. The second kappa shape index (κ2) is 12.4. The lowest BCUT2D eigenvalue weighted by Crippen LogP contribution is -2.38. The third kappa shape index (κ3) is 6.31. The molecule has 0 spiro atoms. The highest BCUT2D eigenvalue weighted by Crippen LogP contribution is 2.26. The van der Waals surface area contributed by atoms with Crippen molar-refractivity contribution in [3.63, 3.8) is 0 Å². The van der Waals surface area contributed by atoms with Gasteiger partial charge < -0.3 is 15.0 Å². The van der Waals surface area contributed by atoms with Gasteiger partial charge in [0.15, 0.2) is 11.4 Å². The highest BCUT2D eigenvalue weighted by atomic mass is 79.9. The van der Waals surface area contributed by atoms with E-state index in [1.807, 2.05) is 52.2 Å². The third-order valence-electron chi connectivity index (χ3n) is 7.32. The number of nitrogens with zero attached hydrogens (tertiary/aromatic N) is 8. The van der Waals surface area contributed by atoms with Gasteiger partial charge >= 0.3 is 0 Å². The Hall–Kier alpha value is -4.52. The molecule has 2 atom stereocenters. The molecule has 12 nitrogen and oxygen atoms in total. The maximum atomic E-state index is 13.0. The van der Waals surface area contributed by atoms with Gasteiger partial charge in [0.1, 0.15) is 28.9 Å². The molecule has 1 aliphatic rings. The standard InChI is InChI=1S/C23H23N7O3.C7H9BrN2/c1-13-4-17(12-31)28(9-13)22(33)11-29-20-8-24-19(6-18(20)23(27-29)15(3)32)16-7-25-21-5-14(2)26-30(21)10-16;1-5-3-4-6(8)10-7(5)9-2/h5-8,10,12-13,17H,4,9,11H2,1-3H3;3-4H,1-2H3,(H,9,10). The summed E-state index contributed by atoms with van der Waals surface area (Å²) in [6.07, 6.45) is 6.63. The van der Waals surface area contributed by atoms with Crippen LogP contribution in [0.2, 0.25) is 0 Å². The van der Waals surface area contributed by atoms with Crippen LogP contribution in [0, 0.1) is 19.8 Å². The minimum Gasteiger partial charge on any atom is -0.373 e. The molecule has 5 aromatic rings. The minimum absolute atomic E-state index is 0.0675. The number of Topliss-reactive ketones (excluding diaryl/α,β-unsaturated/α-hetero) is 1. The fourth-order valence-electron chi connectivity index (χ4n) is 5.22. The number of nitrogens with one attached hydrogen (secondary N) is 1. The summed E-state index contributed by atoms with van der Waals surface area (Å²) in [6.45, 7) is 7.84. The van der Waals surface area contributed by atoms with Gasteiger partial charge in [-0.25, -0.2) is 14.5 Å². The Labute approximate surface area is 256 Å². The van der Waals surface area contributed by atoms with Crippen molar-refractivity contribution in [3.05, 3.63) is 64.4 Å². The van der Waals surface area contributed by atoms with Gasteiger partial charge in [0.2, 0.25) is 5.91 Å². The number of hydrogen-bond donors (Lipinski definition) is 1. The fraction of sp³-hybridized carbons (Fsp3) is 0.333. The Morgan fingerprint density at radius 1 is 1.14 bits per heavy atom. The van der Waals surface area contributed by atoms with Crippen LogP contribution < -0.4 is 5.32 Å². The molecule has 0 aliphatic carbocycles. The van der Waals surface area contributed by atoms with E-state index in [0.29, 0.717) is 29.6 Å². The maximum absolute atomic E-state index is 13.0. The van der Waals surface area contributed by atoms with Gasteiger partial charge in [-0.1, -0.05) is 13.0 Å². The summed E-state index contributed by atoms with van der Waals surface area (Å²) in [5.41, 5.74) is 4.96. The molecule has 2 unspecified atom stereocenters. The van der Waals surface area contributed by atoms with Crippen LogP contribution in [-0.4, -0.2) is 76.9 Å². The number of aryl methyl sites for hydroxylation is 2. The van der Waals surface area contributed by atoms with E-state index in [2.05, 4.69) is 46.4 Å². The molecule has 43 heavy (non-hydrogen) atoms. The van der Waals surface area contributed by atoms with Gasteiger partial charge in [-0.15, -0.1) is 0 Å².